The Hall–Kier alpha value is -3.02. The van der Waals surface area contributed by atoms with Gasteiger partial charge in [-0.1, -0.05) is 44.2 Å². The lowest BCUT2D eigenvalue weighted by Gasteiger charge is -2.15. The number of guanidine groups is 1. The van der Waals surface area contributed by atoms with Gasteiger partial charge < -0.3 is 20.3 Å². The number of ether oxygens (including phenoxy) is 1. The summed E-state index contributed by atoms with van der Waals surface area (Å²) < 4.78 is 5.94. The van der Waals surface area contributed by atoms with E-state index in [1.807, 2.05) is 49.4 Å². The van der Waals surface area contributed by atoms with Gasteiger partial charge >= 0.3 is 0 Å². The van der Waals surface area contributed by atoms with Crippen molar-refractivity contribution in [1.29, 1.82) is 0 Å². The number of hydrogen-bond donors (Lipinski definition) is 2. The molecule has 1 amide bonds. The normalized spacial score (nSPS) is 11.3. The van der Waals surface area contributed by atoms with Crippen LogP contribution in [0.5, 0.6) is 5.75 Å². The molecule has 2 rings (SSSR count). The summed E-state index contributed by atoms with van der Waals surface area (Å²) in [4.78, 5) is 18.2. The van der Waals surface area contributed by atoms with Gasteiger partial charge in [0, 0.05) is 38.3 Å². The summed E-state index contributed by atoms with van der Waals surface area (Å²) in [6.45, 7) is 8.93. The van der Waals surface area contributed by atoms with Gasteiger partial charge in [0.1, 0.15) is 5.75 Å². The molecule has 2 aromatic rings. The molecule has 0 aliphatic carbocycles. The Kier molecular flexibility index (Phi) is 9.19. The first-order chi connectivity index (χ1) is 14.4. The van der Waals surface area contributed by atoms with Crippen LogP contribution in [0.2, 0.25) is 0 Å². The third-order valence-electron chi connectivity index (χ3n) is 4.36. The van der Waals surface area contributed by atoms with Crippen molar-refractivity contribution in [2.45, 2.75) is 33.9 Å². The van der Waals surface area contributed by atoms with Gasteiger partial charge in [-0.05, 0) is 36.6 Å². The van der Waals surface area contributed by atoms with Gasteiger partial charge in [0.25, 0.3) is 5.91 Å². The molecule has 0 unspecified atom stereocenters. The fourth-order valence-corrected chi connectivity index (χ4v) is 2.75. The van der Waals surface area contributed by atoms with Crippen LogP contribution in [0, 0.1) is 5.92 Å². The highest BCUT2D eigenvalue weighted by molar-refractivity contribution is 5.93. The lowest BCUT2D eigenvalue weighted by Crippen LogP contribution is -2.36. The molecule has 6 nitrogen and oxygen atoms in total. The molecule has 2 aromatic carbocycles. The second-order valence-electron chi connectivity index (χ2n) is 7.76. The average Bonchev–Trinajstić information content (AvgIpc) is 2.74. The maximum absolute atomic E-state index is 12.0. The molecule has 0 aliphatic rings. The molecule has 6 heteroatoms. The van der Waals surface area contributed by atoms with Crippen LogP contribution in [0.25, 0.3) is 0 Å². The van der Waals surface area contributed by atoms with Crippen molar-refractivity contribution in [3.8, 4) is 5.75 Å². The predicted octanol–water partition coefficient (Wildman–Crippen LogP) is 3.68. The summed E-state index contributed by atoms with van der Waals surface area (Å²) in [5.74, 6) is 2.11. The second kappa shape index (κ2) is 11.9. The summed E-state index contributed by atoms with van der Waals surface area (Å²) >= 11 is 0. The highest BCUT2D eigenvalue weighted by Crippen LogP contribution is 2.18. The Bertz CT molecular complexity index is 829. The van der Waals surface area contributed by atoms with Crippen molar-refractivity contribution in [2.75, 3.05) is 27.2 Å². The molecule has 0 heterocycles. The number of carbonyl (C=O) groups is 1. The van der Waals surface area contributed by atoms with Crippen LogP contribution >= 0.6 is 0 Å². The fraction of sp³-hybridized carbons (Fsp3) is 0.417. The number of aliphatic imine (C=N–C) groups is 1. The molecule has 0 saturated heterocycles. The SMILES string of the molecule is CCNC(=NCc1ccc(C(=O)N(C)C)cc1)NCc1ccccc1OCC(C)C. The first-order valence-electron chi connectivity index (χ1n) is 10.4. The molecule has 0 aliphatic heterocycles. The van der Waals surface area contributed by atoms with Crippen molar-refractivity contribution >= 4 is 11.9 Å². The Labute approximate surface area is 180 Å². The number of benzene rings is 2. The smallest absolute Gasteiger partial charge is 0.253 e. The number of nitrogens with zero attached hydrogens (tertiary/aromatic N) is 2. The molecule has 0 saturated carbocycles. The predicted molar refractivity (Wildman–Crippen MR) is 123 cm³/mol. The minimum Gasteiger partial charge on any atom is -0.493 e. The van der Waals surface area contributed by atoms with Gasteiger partial charge in [-0.3, -0.25) is 4.79 Å². The van der Waals surface area contributed by atoms with E-state index in [0.717, 1.165) is 29.4 Å². The van der Waals surface area contributed by atoms with Crippen molar-refractivity contribution in [2.24, 2.45) is 10.9 Å². The summed E-state index contributed by atoms with van der Waals surface area (Å²) in [6.07, 6.45) is 0. The highest BCUT2D eigenvalue weighted by Gasteiger charge is 2.08. The highest BCUT2D eigenvalue weighted by atomic mass is 16.5. The van der Waals surface area contributed by atoms with Gasteiger partial charge in [0.05, 0.1) is 13.2 Å². The largest absolute Gasteiger partial charge is 0.493 e. The van der Waals surface area contributed by atoms with E-state index in [1.54, 1.807) is 19.0 Å². The van der Waals surface area contributed by atoms with E-state index in [1.165, 1.54) is 0 Å². The van der Waals surface area contributed by atoms with Crippen LogP contribution in [0.4, 0.5) is 0 Å². The maximum Gasteiger partial charge on any atom is 0.253 e. The topological polar surface area (TPSA) is 66.0 Å². The minimum atomic E-state index is -0.00147. The van der Waals surface area contributed by atoms with Crippen LogP contribution in [0.1, 0.15) is 42.3 Å². The Morgan fingerprint density at radius 2 is 1.77 bits per heavy atom. The zero-order valence-corrected chi connectivity index (χ0v) is 18.7. The number of hydrogen-bond acceptors (Lipinski definition) is 3. The van der Waals surface area contributed by atoms with Crippen molar-refractivity contribution in [1.82, 2.24) is 15.5 Å². The molecule has 0 aromatic heterocycles. The molecular formula is C24H34N4O2. The lowest BCUT2D eigenvalue weighted by molar-refractivity contribution is 0.0827. The Morgan fingerprint density at radius 3 is 2.40 bits per heavy atom. The van der Waals surface area contributed by atoms with Crippen LogP contribution in [-0.2, 0) is 13.1 Å². The number of carbonyl (C=O) groups excluding carboxylic acids is 1. The lowest BCUT2D eigenvalue weighted by atomic mass is 10.1. The van der Waals surface area contributed by atoms with E-state index in [-0.39, 0.29) is 5.91 Å². The van der Waals surface area contributed by atoms with Gasteiger partial charge in [0.15, 0.2) is 5.96 Å². The van der Waals surface area contributed by atoms with Gasteiger partial charge in [0.2, 0.25) is 0 Å². The Morgan fingerprint density at radius 1 is 1.07 bits per heavy atom. The number of nitrogens with one attached hydrogen (secondary N) is 2. The summed E-state index contributed by atoms with van der Waals surface area (Å²) in [5.41, 5.74) is 2.81. The summed E-state index contributed by atoms with van der Waals surface area (Å²) in [6, 6.07) is 15.6. The maximum atomic E-state index is 12.0. The third kappa shape index (κ3) is 7.43. The zero-order chi connectivity index (χ0) is 21.9. The van der Waals surface area contributed by atoms with Crippen LogP contribution in [-0.4, -0.2) is 44.0 Å². The summed E-state index contributed by atoms with van der Waals surface area (Å²) in [5, 5.41) is 6.65. The van der Waals surface area contributed by atoms with Crippen molar-refractivity contribution < 1.29 is 9.53 Å². The quantitative estimate of drug-likeness (QED) is 0.489. The fourth-order valence-electron chi connectivity index (χ4n) is 2.75. The molecule has 0 bridgehead atoms. The van der Waals surface area contributed by atoms with E-state index in [9.17, 15) is 4.79 Å². The number of rotatable bonds is 9. The van der Waals surface area contributed by atoms with Crippen LogP contribution in [0.3, 0.4) is 0 Å². The zero-order valence-electron chi connectivity index (χ0n) is 18.7. The number of amides is 1. The van der Waals surface area contributed by atoms with E-state index < -0.39 is 0 Å². The van der Waals surface area contributed by atoms with Gasteiger partial charge in [-0.25, -0.2) is 4.99 Å². The molecular weight excluding hydrogens is 376 g/mol. The van der Waals surface area contributed by atoms with Crippen molar-refractivity contribution in [3.63, 3.8) is 0 Å². The molecule has 0 radical (unpaired) electrons. The van der Waals surface area contributed by atoms with E-state index in [2.05, 4.69) is 35.5 Å². The van der Waals surface area contributed by atoms with Gasteiger partial charge in [-0.15, -0.1) is 0 Å². The van der Waals surface area contributed by atoms with E-state index in [0.29, 0.717) is 31.2 Å². The third-order valence-corrected chi connectivity index (χ3v) is 4.36. The van der Waals surface area contributed by atoms with Crippen molar-refractivity contribution in [3.05, 3.63) is 65.2 Å². The summed E-state index contributed by atoms with van der Waals surface area (Å²) in [7, 11) is 3.50. The average molecular weight is 411 g/mol. The first kappa shape index (κ1) is 23.3. The van der Waals surface area contributed by atoms with Crippen LogP contribution in [0.15, 0.2) is 53.5 Å². The monoisotopic (exact) mass is 410 g/mol. The van der Waals surface area contributed by atoms with E-state index >= 15 is 0 Å². The molecule has 0 atom stereocenters. The standard InChI is InChI=1S/C24H34N4O2/c1-6-25-24(26-15-19-11-13-20(14-12-19)23(29)28(4)5)27-16-21-9-7-8-10-22(21)30-17-18(2)3/h7-14,18H,6,15-17H2,1-5H3,(H2,25,26,27). The molecule has 0 spiro atoms. The number of para-hydroxylation sites is 1. The second-order valence-corrected chi connectivity index (χ2v) is 7.76. The Balaban J connectivity index is 2.01. The minimum absolute atomic E-state index is 0.00147. The van der Waals surface area contributed by atoms with E-state index in [4.69, 9.17) is 4.74 Å². The van der Waals surface area contributed by atoms with Crippen LogP contribution < -0.4 is 15.4 Å². The molecule has 0 fully saturated rings. The first-order valence-corrected chi connectivity index (χ1v) is 10.4. The van der Waals surface area contributed by atoms with Gasteiger partial charge in [-0.2, -0.15) is 0 Å². The molecule has 2 N–H and O–H groups in total. The molecule has 30 heavy (non-hydrogen) atoms. The molecule has 162 valence electrons.